The first-order valence-corrected chi connectivity index (χ1v) is 10.4. The molecule has 0 radical (unpaired) electrons. The van der Waals surface area contributed by atoms with Crippen molar-refractivity contribution in [1.82, 2.24) is 14.5 Å². The zero-order valence-corrected chi connectivity index (χ0v) is 18.2. The molecule has 1 N–H and O–H groups in total. The summed E-state index contributed by atoms with van der Waals surface area (Å²) in [6.07, 6.45) is 3.32. The first-order valence-electron chi connectivity index (χ1n) is 9.58. The number of carbonyl (C=O) groups is 1. The van der Waals surface area contributed by atoms with Gasteiger partial charge in [-0.3, -0.25) is 9.78 Å². The first kappa shape index (κ1) is 20.1. The van der Waals surface area contributed by atoms with Gasteiger partial charge in [-0.05, 0) is 61.9 Å². The number of benzene rings is 1. The number of nitrogens with zero attached hydrogens (tertiary/aromatic N) is 2. The van der Waals surface area contributed by atoms with Crippen molar-refractivity contribution < 1.29 is 9.53 Å². The topological polar surface area (TPSA) is 77.0 Å². The predicted octanol–water partition coefficient (Wildman–Crippen LogP) is 4.69. The number of esters is 1. The van der Waals surface area contributed by atoms with E-state index in [1.807, 2.05) is 41.8 Å². The number of halogens is 1. The monoisotopic (exact) mass is 465 g/mol. The Bertz CT molecular complexity index is 1310. The molecule has 0 saturated carbocycles. The van der Waals surface area contributed by atoms with E-state index < -0.39 is 5.97 Å². The molecule has 0 unspecified atom stereocenters. The first-order chi connectivity index (χ1) is 14.5. The second kappa shape index (κ2) is 8.28. The number of ether oxygens (including phenoxy) is 1. The fourth-order valence-electron chi connectivity index (χ4n) is 3.68. The summed E-state index contributed by atoms with van der Waals surface area (Å²) in [5.74, 6) is -0.464. The van der Waals surface area contributed by atoms with Crippen molar-refractivity contribution in [3.63, 3.8) is 0 Å². The van der Waals surface area contributed by atoms with Crippen LogP contribution in [0, 0.1) is 6.92 Å². The van der Waals surface area contributed by atoms with Crippen LogP contribution in [0.25, 0.3) is 22.0 Å². The molecule has 30 heavy (non-hydrogen) atoms. The molecule has 6 nitrogen and oxygen atoms in total. The molecule has 0 fully saturated rings. The molecular formula is C23H20BrN3O3. The minimum Gasteiger partial charge on any atom is -0.461 e. The van der Waals surface area contributed by atoms with Crippen LogP contribution < -0.4 is 5.56 Å². The largest absolute Gasteiger partial charge is 0.461 e. The second-order valence-electron chi connectivity index (χ2n) is 6.91. The number of fused-ring (bicyclic) bond motifs is 1. The van der Waals surface area contributed by atoms with Gasteiger partial charge in [-0.2, -0.15) is 0 Å². The maximum Gasteiger partial charge on any atom is 0.355 e. The number of hydrogen-bond acceptors (Lipinski definition) is 4. The smallest absolute Gasteiger partial charge is 0.355 e. The summed E-state index contributed by atoms with van der Waals surface area (Å²) in [6, 6.07) is 13.2. The third-order valence-electron chi connectivity index (χ3n) is 4.88. The van der Waals surface area contributed by atoms with Gasteiger partial charge in [-0.1, -0.05) is 15.9 Å². The molecule has 0 aliphatic rings. The van der Waals surface area contributed by atoms with Gasteiger partial charge >= 0.3 is 5.97 Å². The van der Waals surface area contributed by atoms with E-state index in [9.17, 15) is 9.59 Å². The number of hydrogen-bond donors (Lipinski definition) is 1. The molecule has 3 aromatic heterocycles. The highest BCUT2D eigenvalue weighted by atomic mass is 79.9. The zero-order valence-electron chi connectivity index (χ0n) is 16.6. The standard InChI is InChI=1S/C23H20BrN3O3/c1-3-30-23(29)21-20(17-5-4-9-26-22(17)28)18-12-16(24)6-7-19(18)27(21)13-15-8-10-25-14(2)11-15/h4-12H,3,13H2,1-2H3,(H,26,28). The van der Waals surface area contributed by atoms with Crippen LogP contribution in [-0.4, -0.2) is 27.1 Å². The number of rotatable bonds is 5. The summed E-state index contributed by atoms with van der Waals surface area (Å²) >= 11 is 3.52. The van der Waals surface area contributed by atoms with Crippen LogP contribution in [-0.2, 0) is 11.3 Å². The van der Waals surface area contributed by atoms with Gasteiger partial charge in [0.25, 0.3) is 5.56 Å². The van der Waals surface area contributed by atoms with Gasteiger partial charge in [-0.25, -0.2) is 4.79 Å². The second-order valence-corrected chi connectivity index (χ2v) is 7.83. The molecule has 4 aromatic rings. The Morgan fingerprint density at radius 3 is 2.80 bits per heavy atom. The lowest BCUT2D eigenvalue weighted by Crippen LogP contribution is -2.16. The Labute approximate surface area is 181 Å². The maximum absolute atomic E-state index is 13.1. The lowest BCUT2D eigenvalue weighted by molar-refractivity contribution is 0.0516. The van der Waals surface area contributed by atoms with Crippen molar-refractivity contribution in [2.75, 3.05) is 6.61 Å². The maximum atomic E-state index is 13.1. The molecule has 0 atom stereocenters. The molecule has 1 aromatic carbocycles. The zero-order chi connectivity index (χ0) is 21.3. The fourth-order valence-corrected chi connectivity index (χ4v) is 4.04. The lowest BCUT2D eigenvalue weighted by atomic mass is 10.0. The van der Waals surface area contributed by atoms with Crippen LogP contribution in [0.5, 0.6) is 0 Å². The number of nitrogens with one attached hydrogen (secondary N) is 1. The summed E-state index contributed by atoms with van der Waals surface area (Å²) in [5, 5.41) is 0.801. The molecule has 0 bridgehead atoms. The van der Waals surface area contributed by atoms with E-state index in [0.717, 1.165) is 26.6 Å². The van der Waals surface area contributed by atoms with E-state index >= 15 is 0 Å². The molecule has 0 spiro atoms. The van der Waals surface area contributed by atoms with Crippen molar-refractivity contribution in [3.05, 3.63) is 86.6 Å². The molecule has 4 rings (SSSR count). The molecule has 0 aliphatic heterocycles. The SMILES string of the molecule is CCOC(=O)c1c(-c2ccc[nH]c2=O)c2cc(Br)ccc2n1Cc1ccnc(C)c1. The van der Waals surface area contributed by atoms with Crippen LogP contribution in [0.3, 0.4) is 0 Å². The molecule has 7 heteroatoms. The van der Waals surface area contributed by atoms with Gasteiger partial charge in [0.05, 0.1) is 6.61 Å². The van der Waals surface area contributed by atoms with Crippen molar-refractivity contribution in [1.29, 1.82) is 0 Å². The van der Waals surface area contributed by atoms with Crippen LogP contribution >= 0.6 is 15.9 Å². The summed E-state index contributed by atoms with van der Waals surface area (Å²) < 4.78 is 8.17. The van der Waals surface area contributed by atoms with Gasteiger partial charge < -0.3 is 14.3 Å². The Balaban J connectivity index is 2.07. The number of pyridine rings is 2. The van der Waals surface area contributed by atoms with Crippen LogP contribution in [0.4, 0.5) is 0 Å². The number of aromatic amines is 1. The average Bonchev–Trinajstić information content (AvgIpc) is 3.02. The Kier molecular flexibility index (Phi) is 5.55. The molecule has 0 saturated heterocycles. The Morgan fingerprint density at radius 2 is 2.07 bits per heavy atom. The Hall–Kier alpha value is -3.19. The van der Waals surface area contributed by atoms with E-state index in [-0.39, 0.29) is 12.2 Å². The van der Waals surface area contributed by atoms with Crippen LogP contribution in [0.1, 0.15) is 28.7 Å². The van der Waals surface area contributed by atoms with Crippen molar-refractivity contribution in [2.45, 2.75) is 20.4 Å². The highest BCUT2D eigenvalue weighted by Crippen LogP contribution is 2.36. The number of aromatic nitrogens is 3. The van der Waals surface area contributed by atoms with Gasteiger partial charge in [0.15, 0.2) is 0 Å². The molecule has 3 heterocycles. The van der Waals surface area contributed by atoms with E-state index in [1.165, 1.54) is 0 Å². The van der Waals surface area contributed by atoms with Crippen LogP contribution in [0.15, 0.2) is 64.1 Å². The van der Waals surface area contributed by atoms with Gasteiger partial charge in [0.1, 0.15) is 5.69 Å². The van der Waals surface area contributed by atoms with Crippen molar-refractivity contribution in [2.24, 2.45) is 0 Å². The average molecular weight is 466 g/mol. The predicted molar refractivity (Wildman–Crippen MR) is 120 cm³/mol. The summed E-state index contributed by atoms with van der Waals surface area (Å²) in [7, 11) is 0. The Morgan fingerprint density at radius 1 is 1.23 bits per heavy atom. The van der Waals surface area contributed by atoms with E-state index in [2.05, 4.69) is 25.9 Å². The number of aryl methyl sites for hydroxylation is 1. The summed E-state index contributed by atoms with van der Waals surface area (Å²) in [4.78, 5) is 32.7. The van der Waals surface area contributed by atoms with E-state index in [4.69, 9.17) is 4.74 Å². The van der Waals surface area contributed by atoms with E-state index in [1.54, 1.807) is 31.5 Å². The number of carbonyl (C=O) groups excluding carboxylic acids is 1. The third-order valence-corrected chi connectivity index (χ3v) is 5.38. The summed E-state index contributed by atoms with van der Waals surface area (Å²) in [5.41, 5.74) is 3.82. The van der Waals surface area contributed by atoms with Gasteiger partial charge in [0.2, 0.25) is 0 Å². The molecule has 152 valence electrons. The van der Waals surface area contributed by atoms with Crippen molar-refractivity contribution >= 4 is 32.8 Å². The van der Waals surface area contributed by atoms with E-state index in [0.29, 0.717) is 23.4 Å². The fraction of sp³-hybridized carbons (Fsp3) is 0.174. The molecule has 0 aliphatic carbocycles. The van der Waals surface area contributed by atoms with Crippen LogP contribution in [0.2, 0.25) is 0 Å². The lowest BCUT2D eigenvalue weighted by Gasteiger charge is -2.12. The highest BCUT2D eigenvalue weighted by molar-refractivity contribution is 9.10. The summed E-state index contributed by atoms with van der Waals surface area (Å²) in [6.45, 7) is 4.38. The minimum atomic E-state index is -0.464. The highest BCUT2D eigenvalue weighted by Gasteiger charge is 2.26. The molecule has 0 amide bonds. The third kappa shape index (κ3) is 3.68. The number of H-pyrrole nitrogens is 1. The normalized spacial score (nSPS) is 11.0. The van der Waals surface area contributed by atoms with Gasteiger partial charge in [0, 0.05) is 51.1 Å². The minimum absolute atomic E-state index is 0.239. The molecular weight excluding hydrogens is 446 g/mol. The van der Waals surface area contributed by atoms with Crippen molar-refractivity contribution in [3.8, 4) is 11.1 Å². The van der Waals surface area contributed by atoms with Gasteiger partial charge in [-0.15, -0.1) is 0 Å². The quantitative estimate of drug-likeness (QED) is 0.433.